The van der Waals surface area contributed by atoms with Crippen molar-refractivity contribution in [3.8, 4) is 11.8 Å². The number of thiophene rings is 1. The van der Waals surface area contributed by atoms with Crippen molar-refractivity contribution in [2.24, 2.45) is 0 Å². The Hall–Kier alpha value is -1.60. The highest BCUT2D eigenvalue weighted by Crippen LogP contribution is 2.17. The molecule has 0 unspecified atom stereocenters. The molecule has 0 bridgehead atoms. The largest absolute Gasteiger partial charge is 0.395 e. The fourth-order valence-electron chi connectivity index (χ4n) is 2.05. The van der Waals surface area contributed by atoms with Crippen LogP contribution in [0.3, 0.4) is 0 Å². The molecule has 0 aliphatic heterocycles. The normalized spacial score (nSPS) is 10.4. The molecule has 1 heterocycles. The summed E-state index contributed by atoms with van der Waals surface area (Å²) in [5.41, 5.74) is 1.38. The molecule has 0 atom stereocenters. The van der Waals surface area contributed by atoms with Gasteiger partial charge in [0.2, 0.25) is 0 Å². The molecule has 0 aliphatic rings. The summed E-state index contributed by atoms with van der Waals surface area (Å²) in [6.45, 7) is 2.14. The average Bonchev–Trinajstić information content (AvgIpc) is 2.94. The SMILES string of the molecule is CN(CCc1ccccc1)Cc1ccc(C#CCCO)s1. The number of aliphatic hydroxyl groups is 1. The predicted molar refractivity (Wildman–Crippen MR) is 89.4 cm³/mol. The molecular weight excluding hydrogens is 278 g/mol. The number of rotatable bonds is 6. The standard InChI is InChI=1S/C18H21NOS/c1-19(13-12-16-7-3-2-4-8-16)15-18-11-10-17(21-18)9-5-6-14-20/h2-4,7-8,10-11,20H,6,12-15H2,1H3. The number of hydrogen-bond donors (Lipinski definition) is 1. The van der Waals surface area contributed by atoms with Crippen LogP contribution in [0.1, 0.15) is 21.7 Å². The van der Waals surface area contributed by atoms with Gasteiger partial charge in [-0.3, -0.25) is 0 Å². The van der Waals surface area contributed by atoms with Crippen LogP contribution < -0.4 is 0 Å². The minimum absolute atomic E-state index is 0.132. The summed E-state index contributed by atoms with van der Waals surface area (Å²) < 4.78 is 0. The molecule has 21 heavy (non-hydrogen) atoms. The van der Waals surface area contributed by atoms with Gasteiger partial charge in [0.05, 0.1) is 11.5 Å². The molecule has 0 fully saturated rings. The molecule has 0 aliphatic carbocycles. The molecule has 2 rings (SSSR count). The molecule has 0 spiro atoms. The Kier molecular flexibility index (Phi) is 6.49. The van der Waals surface area contributed by atoms with Gasteiger partial charge in [-0.2, -0.15) is 0 Å². The van der Waals surface area contributed by atoms with Crippen LogP contribution in [0.15, 0.2) is 42.5 Å². The first-order valence-corrected chi connectivity index (χ1v) is 8.00. The average molecular weight is 299 g/mol. The maximum Gasteiger partial charge on any atom is 0.0771 e. The summed E-state index contributed by atoms with van der Waals surface area (Å²) in [6, 6.07) is 14.8. The zero-order valence-electron chi connectivity index (χ0n) is 12.4. The van der Waals surface area contributed by atoms with Crippen LogP contribution in [0.5, 0.6) is 0 Å². The van der Waals surface area contributed by atoms with Gasteiger partial charge >= 0.3 is 0 Å². The molecule has 1 aromatic carbocycles. The molecule has 0 radical (unpaired) electrons. The Morgan fingerprint density at radius 1 is 1.14 bits per heavy atom. The zero-order chi connectivity index (χ0) is 14.9. The molecule has 2 nitrogen and oxygen atoms in total. The van der Waals surface area contributed by atoms with Crippen LogP contribution >= 0.6 is 11.3 Å². The molecule has 2 aromatic rings. The first-order chi connectivity index (χ1) is 10.3. The smallest absolute Gasteiger partial charge is 0.0771 e. The van der Waals surface area contributed by atoms with Gasteiger partial charge in [0.1, 0.15) is 0 Å². The Bertz CT molecular complexity index is 594. The quantitative estimate of drug-likeness (QED) is 0.828. The second-order valence-electron chi connectivity index (χ2n) is 5.01. The first kappa shape index (κ1) is 15.8. The number of nitrogens with zero attached hydrogens (tertiary/aromatic N) is 1. The van der Waals surface area contributed by atoms with Gasteiger partial charge in [0.25, 0.3) is 0 Å². The van der Waals surface area contributed by atoms with E-state index in [1.165, 1.54) is 10.4 Å². The van der Waals surface area contributed by atoms with Crippen molar-refractivity contribution in [1.29, 1.82) is 0 Å². The summed E-state index contributed by atoms with van der Waals surface area (Å²) in [6.07, 6.45) is 1.62. The van der Waals surface area contributed by atoms with Crippen molar-refractivity contribution in [2.45, 2.75) is 19.4 Å². The van der Waals surface area contributed by atoms with Crippen molar-refractivity contribution in [1.82, 2.24) is 4.90 Å². The minimum Gasteiger partial charge on any atom is -0.395 e. The van der Waals surface area contributed by atoms with Crippen LogP contribution in [-0.4, -0.2) is 30.2 Å². The van der Waals surface area contributed by atoms with E-state index in [9.17, 15) is 0 Å². The van der Waals surface area contributed by atoms with Crippen LogP contribution in [0.4, 0.5) is 0 Å². The number of likely N-dealkylation sites (N-methyl/N-ethyl adjacent to an activating group) is 1. The third kappa shape index (κ3) is 5.73. The van der Waals surface area contributed by atoms with E-state index < -0.39 is 0 Å². The fraction of sp³-hybridized carbons (Fsp3) is 0.333. The first-order valence-electron chi connectivity index (χ1n) is 7.19. The number of hydrogen-bond acceptors (Lipinski definition) is 3. The maximum absolute atomic E-state index is 8.72. The van der Waals surface area contributed by atoms with Crippen molar-refractivity contribution in [2.75, 3.05) is 20.2 Å². The highest BCUT2D eigenvalue weighted by atomic mass is 32.1. The molecular formula is C18H21NOS. The van der Waals surface area contributed by atoms with E-state index in [4.69, 9.17) is 5.11 Å². The van der Waals surface area contributed by atoms with Crippen molar-refractivity contribution in [3.63, 3.8) is 0 Å². The van der Waals surface area contributed by atoms with Crippen LogP contribution in [0.2, 0.25) is 0 Å². The maximum atomic E-state index is 8.72. The van der Waals surface area contributed by atoms with E-state index in [0.717, 1.165) is 24.4 Å². The van der Waals surface area contributed by atoms with E-state index in [0.29, 0.717) is 6.42 Å². The van der Waals surface area contributed by atoms with Gasteiger partial charge < -0.3 is 10.0 Å². The second-order valence-corrected chi connectivity index (χ2v) is 6.18. The molecule has 0 saturated carbocycles. The van der Waals surface area contributed by atoms with Gasteiger partial charge in [-0.25, -0.2) is 0 Å². The van der Waals surface area contributed by atoms with Gasteiger partial charge in [-0.15, -0.1) is 11.3 Å². The minimum atomic E-state index is 0.132. The third-order valence-corrected chi connectivity index (χ3v) is 4.15. The molecule has 3 heteroatoms. The lowest BCUT2D eigenvalue weighted by Gasteiger charge is -2.15. The summed E-state index contributed by atoms with van der Waals surface area (Å²) in [4.78, 5) is 4.75. The van der Waals surface area contributed by atoms with Crippen LogP contribution in [-0.2, 0) is 13.0 Å². The van der Waals surface area contributed by atoms with Crippen molar-refractivity contribution in [3.05, 3.63) is 57.8 Å². The Morgan fingerprint density at radius 2 is 1.95 bits per heavy atom. The second kappa shape index (κ2) is 8.63. The monoisotopic (exact) mass is 299 g/mol. The van der Waals surface area contributed by atoms with Crippen molar-refractivity contribution < 1.29 is 5.11 Å². The lowest BCUT2D eigenvalue weighted by atomic mass is 10.1. The topological polar surface area (TPSA) is 23.5 Å². The third-order valence-electron chi connectivity index (χ3n) is 3.16. The zero-order valence-corrected chi connectivity index (χ0v) is 13.2. The number of benzene rings is 1. The molecule has 1 N–H and O–H groups in total. The Balaban J connectivity index is 1.80. The molecule has 1 aromatic heterocycles. The van der Waals surface area contributed by atoms with Gasteiger partial charge in [0.15, 0.2) is 0 Å². The van der Waals surface area contributed by atoms with Crippen LogP contribution in [0, 0.1) is 11.8 Å². The Morgan fingerprint density at radius 3 is 2.71 bits per heavy atom. The summed E-state index contributed by atoms with van der Waals surface area (Å²) in [7, 11) is 2.15. The summed E-state index contributed by atoms with van der Waals surface area (Å²) >= 11 is 1.74. The van der Waals surface area contributed by atoms with Crippen LogP contribution in [0.25, 0.3) is 0 Å². The number of aliphatic hydroxyl groups excluding tert-OH is 1. The molecule has 110 valence electrons. The highest BCUT2D eigenvalue weighted by molar-refractivity contribution is 7.12. The summed E-state index contributed by atoms with van der Waals surface area (Å²) in [5, 5.41) is 8.72. The lowest BCUT2D eigenvalue weighted by Crippen LogP contribution is -2.20. The molecule has 0 amide bonds. The van der Waals surface area contributed by atoms with E-state index in [-0.39, 0.29) is 6.61 Å². The molecule has 0 saturated heterocycles. The van der Waals surface area contributed by atoms with Gasteiger partial charge in [-0.1, -0.05) is 42.2 Å². The fourth-order valence-corrected chi connectivity index (χ4v) is 3.01. The van der Waals surface area contributed by atoms with Gasteiger partial charge in [-0.05, 0) is 31.2 Å². The van der Waals surface area contributed by atoms with E-state index in [2.05, 4.69) is 66.3 Å². The highest BCUT2D eigenvalue weighted by Gasteiger charge is 2.03. The predicted octanol–water partition coefficient (Wildman–Crippen LogP) is 3.16. The van der Waals surface area contributed by atoms with Crippen molar-refractivity contribution >= 4 is 11.3 Å². The van der Waals surface area contributed by atoms with E-state index >= 15 is 0 Å². The van der Waals surface area contributed by atoms with Gasteiger partial charge in [0, 0.05) is 24.4 Å². The lowest BCUT2D eigenvalue weighted by molar-refractivity contribution is 0.305. The van der Waals surface area contributed by atoms with E-state index in [1.54, 1.807) is 11.3 Å². The van der Waals surface area contributed by atoms with E-state index in [1.807, 2.05) is 0 Å². The Labute approximate surface area is 131 Å². The summed E-state index contributed by atoms with van der Waals surface area (Å²) in [5.74, 6) is 6.05.